The van der Waals surface area contributed by atoms with E-state index in [0.717, 1.165) is 0 Å². The summed E-state index contributed by atoms with van der Waals surface area (Å²) in [7, 11) is 3.61. The average molecular weight is 286 g/mol. The quantitative estimate of drug-likeness (QED) is 0.926. The lowest BCUT2D eigenvalue weighted by molar-refractivity contribution is 0.356. The first-order chi connectivity index (χ1) is 9.38. The molecule has 0 amide bonds. The van der Waals surface area contributed by atoms with E-state index < -0.39 is 29.1 Å². The van der Waals surface area contributed by atoms with Crippen molar-refractivity contribution in [1.29, 1.82) is 0 Å². The lowest BCUT2D eigenvalue weighted by Gasteiger charge is -2.12. The second-order valence-corrected chi connectivity index (χ2v) is 4.57. The molecule has 0 spiro atoms. The highest BCUT2D eigenvalue weighted by molar-refractivity contribution is 5.54. The van der Waals surface area contributed by atoms with Gasteiger partial charge < -0.3 is 15.2 Å². The summed E-state index contributed by atoms with van der Waals surface area (Å²) in [6, 6.07) is 0.526. The molecular weight excluding hydrogens is 273 g/mol. The van der Waals surface area contributed by atoms with Crippen LogP contribution in [-0.4, -0.2) is 35.7 Å². The van der Waals surface area contributed by atoms with Gasteiger partial charge in [-0.3, -0.25) is 0 Å². The molecule has 2 aromatic rings. The third-order valence-electron chi connectivity index (χ3n) is 2.56. The molecule has 8 heteroatoms. The summed E-state index contributed by atoms with van der Waals surface area (Å²) in [5.41, 5.74) is 5.25. The Labute approximate surface area is 113 Å². The van der Waals surface area contributed by atoms with Gasteiger partial charge in [0, 0.05) is 18.7 Å². The second kappa shape index (κ2) is 5.59. The zero-order chi connectivity index (χ0) is 14.9. The molecule has 0 aliphatic heterocycles. The highest BCUT2D eigenvalue weighted by atomic mass is 19.1. The van der Waals surface area contributed by atoms with E-state index in [1.165, 1.54) is 0 Å². The van der Waals surface area contributed by atoms with Crippen molar-refractivity contribution in [1.82, 2.24) is 15.0 Å². The molecule has 0 bridgehead atoms. The molecule has 0 radical (unpaired) electrons. The molecule has 1 atom stereocenters. The predicted molar refractivity (Wildman–Crippen MR) is 65.1 cm³/mol. The van der Waals surface area contributed by atoms with E-state index in [1.54, 1.807) is 19.0 Å². The van der Waals surface area contributed by atoms with Crippen LogP contribution in [-0.2, 0) is 0 Å². The van der Waals surface area contributed by atoms with E-state index >= 15 is 0 Å². The first-order valence-corrected chi connectivity index (χ1v) is 5.77. The molecule has 2 rings (SSSR count). The largest absolute Gasteiger partial charge is 0.334 e. The Balaban J connectivity index is 2.34. The van der Waals surface area contributed by atoms with Crippen LogP contribution in [0.2, 0.25) is 0 Å². The van der Waals surface area contributed by atoms with Gasteiger partial charge in [0.1, 0.15) is 23.0 Å². The number of benzene rings is 1. The summed E-state index contributed by atoms with van der Waals surface area (Å²) in [6.45, 7) is 0.438. The Morgan fingerprint density at radius 2 is 1.85 bits per heavy atom. The third kappa shape index (κ3) is 2.97. The van der Waals surface area contributed by atoms with Gasteiger partial charge in [0.05, 0.1) is 6.04 Å². The zero-order valence-corrected chi connectivity index (χ0v) is 10.9. The van der Waals surface area contributed by atoms with Crippen LogP contribution >= 0.6 is 0 Å². The van der Waals surface area contributed by atoms with E-state index in [-0.39, 0.29) is 11.7 Å². The minimum absolute atomic E-state index is 0.122. The predicted octanol–water partition coefficient (Wildman–Crippen LogP) is 1.72. The molecule has 1 unspecified atom stereocenters. The normalized spacial score (nSPS) is 12.9. The number of rotatable bonds is 4. The van der Waals surface area contributed by atoms with E-state index in [2.05, 4.69) is 10.1 Å². The number of likely N-dealkylation sites (N-methyl/N-ethyl adjacent to an activating group) is 1. The minimum atomic E-state index is -1.11. The summed E-state index contributed by atoms with van der Waals surface area (Å²) in [5.74, 6) is -3.49. The number of nitrogens with zero attached hydrogens (tertiary/aromatic N) is 3. The maximum absolute atomic E-state index is 13.6. The van der Waals surface area contributed by atoms with Crippen LogP contribution in [0.4, 0.5) is 13.2 Å². The second-order valence-electron chi connectivity index (χ2n) is 4.57. The Morgan fingerprint density at radius 3 is 2.40 bits per heavy atom. The van der Waals surface area contributed by atoms with Crippen LogP contribution in [0.25, 0.3) is 11.5 Å². The number of nitrogens with two attached hydrogens (primary N) is 1. The van der Waals surface area contributed by atoms with Crippen molar-refractivity contribution < 1.29 is 17.7 Å². The number of aromatic nitrogens is 2. The topological polar surface area (TPSA) is 68.2 Å². The number of halogens is 3. The third-order valence-corrected chi connectivity index (χ3v) is 2.56. The van der Waals surface area contributed by atoms with Crippen LogP contribution < -0.4 is 5.73 Å². The molecular formula is C12H13F3N4O. The van der Waals surface area contributed by atoms with Crippen molar-refractivity contribution in [2.75, 3.05) is 20.6 Å². The van der Waals surface area contributed by atoms with Crippen LogP contribution in [0.15, 0.2) is 16.7 Å². The maximum Gasteiger partial charge on any atom is 0.263 e. The van der Waals surface area contributed by atoms with Gasteiger partial charge >= 0.3 is 0 Å². The summed E-state index contributed by atoms with van der Waals surface area (Å²) < 4.78 is 44.8. The van der Waals surface area contributed by atoms with Crippen molar-refractivity contribution >= 4 is 0 Å². The molecule has 108 valence electrons. The molecule has 1 heterocycles. The minimum Gasteiger partial charge on any atom is -0.334 e. The number of hydrogen-bond acceptors (Lipinski definition) is 5. The Kier molecular flexibility index (Phi) is 4.05. The lowest BCUT2D eigenvalue weighted by Crippen LogP contribution is -2.26. The average Bonchev–Trinajstić information content (AvgIpc) is 2.75. The summed E-state index contributed by atoms with van der Waals surface area (Å²) >= 11 is 0. The molecule has 0 aliphatic carbocycles. The van der Waals surface area contributed by atoms with Crippen LogP contribution in [0.5, 0.6) is 0 Å². The van der Waals surface area contributed by atoms with Gasteiger partial charge in [-0.05, 0) is 14.1 Å². The van der Waals surface area contributed by atoms with Crippen molar-refractivity contribution in [3.05, 3.63) is 35.4 Å². The monoisotopic (exact) mass is 286 g/mol. The first kappa shape index (κ1) is 14.5. The molecule has 0 saturated heterocycles. The van der Waals surface area contributed by atoms with E-state index in [9.17, 15) is 13.2 Å². The molecule has 1 aromatic heterocycles. The Hall–Kier alpha value is -1.93. The van der Waals surface area contributed by atoms with Crippen molar-refractivity contribution in [3.63, 3.8) is 0 Å². The fourth-order valence-electron chi connectivity index (χ4n) is 1.71. The van der Waals surface area contributed by atoms with E-state index in [4.69, 9.17) is 10.3 Å². The summed E-state index contributed by atoms with van der Waals surface area (Å²) in [4.78, 5) is 5.66. The molecule has 0 fully saturated rings. The standard InChI is InChI=1S/C12H13F3N4O/c1-19(2)5-9(16)11-17-12(20-18-11)10-7(14)3-6(13)4-8(10)15/h3-4,9H,5,16H2,1-2H3. The smallest absolute Gasteiger partial charge is 0.263 e. The van der Waals surface area contributed by atoms with Gasteiger partial charge in [0.2, 0.25) is 0 Å². The van der Waals surface area contributed by atoms with Crippen molar-refractivity contribution in [3.8, 4) is 11.5 Å². The van der Waals surface area contributed by atoms with Crippen molar-refractivity contribution in [2.45, 2.75) is 6.04 Å². The highest BCUT2D eigenvalue weighted by Gasteiger charge is 2.22. The van der Waals surface area contributed by atoms with Gasteiger partial charge in [-0.1, -0.05) is 5.16 Å². The molecule has 0 saturated carbocycles. The van der Waals surface area contributed by atoms with Crippen LogP contribution in [0.1, 0.15) is 11.9 Å². The first-order valence-electron chi connectivity index (χ1n) is 5.77. The van der Waals surface area contributed by atoms with Gasteiger partial charge in [0.25, 0.3) is 5.89 Å². The van der Waals surface area contributed by atoms with Crippen LogP contribution in [0.3, 0.4) is 0 Å². The summed E-state index contributed by atoms with van der Waals surface area (Å²) in [6.07, 6.45) is 0. The van der Waals surface area contributed by atoms with Gasteiger partial charge in [-0.25, -0.2) is 13.2 Å². The maximum atomic E-state index is 13.6. The fourth-order valence-corrected chi connectivity index (χ4v) is 1.71. The lowest BCUT2D eigenvalue weighted by atomic mass is 10.2. The Morgan fingerprint density at radius 1 is 1.25 bits per heavy atom. The van der Waals surface area contributed by atoms with E-state index in [0.29, 0.717) is 18.7 Å². The highest BCUT2D eigenvalue weighted by Crippen LogP contribution is 2.26. The fraction of sp³-hybridized carbons (Fsp3) is 0.333. The SMILES string of the molecule is CN(C)CC(N)c1noc(-c2c(F)cc(F)cc2F)n1. The molecule has 0 aliphatic rings. The Bertz CT molecular complexity index is 591. The molecule has 5 nitrogen and oxygen atoms in total. The molecule has 20 heavy (non-hydrogen) atoms. The van der Waals surface area contributed by atoms with Gasteiger partial charge in [0.15, 0.2) is 5.82 Å². The van der Waals surface area contributed by atoms with E-state index in [1.807, 2.05) is 0 Å². The summed E-state index contributed by atoms with van der Waals surface area (Å²) in [5, 5.41) is 3.59. The van der Waals surface area contributed by atoms with Gasteiger partial charge in [-0.15, -0.1) is 0 Å². The van der Waals surface area contributed by atoms with Crippen molar-refractivity contribution in [2.24, 2.45) is 5.73 Å². The zero-order valence-electron chi connectivity index (χ0n) is 10.9. The molecule has 2 N–H and O–H groups in total. The van der Waals surface area contributed by atoms with Gasteiger partial charge in [-0.2, -0.15) is 4.98 Å². The van der Waals surface area contributed by atoms with Crippen LogP contribution in [0, 0.1) is 17.5 Å². The molecule has 1 aromatic carbocycles. The number of hydrogen-bond donors (Lipinski definition) is 1.